The number of methoxy groups -OCH3 is 1. The number of benzene rings is 1. The van der Waals surface area contributed by atoms with Gasteiger partial charge in [-0.25, -0.2) is 0 Å². The maximum Gasteiger partial charge on any atom is 0.258 e. The molecule has 2 aromatic heterocycles. The number of carbonyl (C=O) groups excluding carboxylic acids is 1. The topological polar surface area (TPSA) is 86.5 Å². The monoisotopic (exact) mass is 345 g/mol. The number of amides is 1. The van der Waals surface area contributed by atoms with Gasteiger partial charge in [-0.05, 0) is 23.6 Å². The Bertz CT molecular complexity index is 801. The summed E-state index contributed by atoms with van der Waals surface area (Å²) in [5, 5.41) is 8.48. The van der Waals surface area contributed by atoms with Crippen LogP contribution in [0, 0.1) is 0 Å². The minimum atomic E-state index is -0.284. The van der Waals surface area contributed by atoms with E-state index >= 15 is 0 Å². The zero-order valence-corrected chi connectivity index (χ0v) is 13.7. The van der Waals surface area contributed by atoms with Crippen LogP contribution in [-0.2, 0) is 11.3 Å². The smallest absolute Gasteiger partial charge is 0.258 e. The molecule has 0 saturated carbocycles. The zero-order chi connectivity index (χ0) is 16.8. The molecule has 0 radical (unpaired) electrons. The number of hydrogen-bond donors (Lipinski definition) is 1. The summed E-state index contributed by atoms with van der Waals surface area (Å²) in [5.41, 5.74) is 0. The third kappa shape index (κ3) is 4.11. The van der Waals surface area contributed by atoms with Gasteiger partial charge in [-0.3, -0.25) is 4.79 Å². The van der Waals surface area contributed by atoms with E-state index in [1.807, 2.05) is 17.5 Å². The van der Waals surface area contributed by atoms with Crippen LogP contribution < -0.4 is 14.8 Å². The number of thiophene rings is 1. The first kappa shape index (κ1) is 16.0. The molecular weight excluding hydrogens is 330 g/mol. The maximum atomic E-state index is 11.8. The van der Waals surface area contributed by atoms with Crippen LogP contribution in [0.15, 0.2) is 46.3 Å². The second-order valence-electron chi connectivity index (χ2n) is 4.73. The molecule has 0 bridgehead atoms. The summed E-state index contributed by atoms with van der Waals surface area (Å²) in [5.74, 6) is 1.80. The Hall–Kier alpha value is -2.87. The van der Waals surface area contributed by atoms with Crippen molar-refractivity contribution in [3.05, 3.63) is 47.7 Å². The normalized spacial score (nSPS) is 10.4. The SMILES string of the molecule is COc1cccc(OCC(=O)NCc2nc(-c3cccs3)no2)c1. The summed E-state index contributed by atoms with van der Waals surface area (Å²) in [6.07, 6.45) is 0. The fourth-order valence-corrected chi connectivity index (χ4v) is 2.55. The van der Waals surface area contributed by atoms with Crippen molar-refractivity contribution >= 4 is 17.2 Å². The van der Waals surface area contributed by atoms with Crippen molar-refractivity contribution in [3.63, 3.8) is 0 Å². The summed E-state index contributed by atoms with van der Waals surface area (Å²) in [4.78, 5) is 17.0. The number of nitrogens with zero attached hydrogens (tertiary/aromatic N) is 2. The molecule has 0 aliphatic heterocycles. The van der Waals surface area contributed by atoms with Gasteiger partial charge >= 0.3 is 0 Å². The largest absolute Gasteiger partial charge is 0.497 e. The molecule has 0 saturated heterocycles. The van der Waals surface area contributed by atoms with E-state index in [9.17, 15) is 4.79 Å². The van der Waals surface area contributed by atoms with Crippen LogP contribution in [0.3, 0.4) is 0 Å². The highest BCUT2D eigenvalue weighted by Crippen LogP contribution is 2.21. The van der Waals surface area contributed by atoms with E-state index in [4.69, 9.17) is 14.0 Å². The number of carbonyl (C=O) groups is 1. The average molecular weight is 345 g/mol. The Morgan fingerprint density at radius 1 is 1.29 bits per heavy atom. The van der Waals surface area contributed by atoms with Gasteiger partial charge in [-0.2, -0.15) is 4.98 Å². The molecule has 0 atom stereocenters. The highest BCUT2D eigenvalue weighted by Gasteiger charge is 2.11. The molecule has 0 unspecified atom stereocenters. The van der Waals surface area contributed by atoms with Gasteiger partial charge in [0.15, 0.2) is 6.61 Å². The lowest BCUT2D eigenvalue weighted by Gasteiger charge is -2.07. The van der Waals surface area contributed by atoms with Crippen molar-refractivity contribution in [2.45, 2.75) is 6.54 Å². The number of rotatable bonds is 7. The number of hydrogen-bond acceptors (Lipinski definition) is 7. The van der Waals surface area contributed by atoms with Crippen LogP contribution in [-0.4, -0.2) is 29.8 Å². The van der Waals surface area contributed by atoms with Crippen molar-refractivity contribution in [1.82, 2.24) is 15.5 Å². The Morgan fingerprint density at radius 3 is 2.96 bits per heavy atom. The number of nitrogens with one attached hydrogen (secondary N) is 1. The lowest BCUT2D eigenvalue weighted by atomic mass is 10.3. The van der Waals surface area contributed by atoms with Crippen molar-refractivity contribution in [1.29, 1.82) is 0 Å². The minimum absolute atomic E-state index is 0.112. The summed E-state index contributed by atoms with van der Waals surface area (Å²) in [6.45, 7) is 0.0395. The molecule has 1 aromatic carbocycles. The van der Waals surface area contributed by atoms with E-state index in [0.717, 1.165) is 4.88 Å². The van der Waals surface area contributed by atoms with Crippen LogP contribution >= 0.6 is 11.3 Å². The van der Waals surface area contributed by atoms with Gasteiger partial charge in [0.2, 0.25) is 11.7 Å². The molecule has 7 nitrogen and oxygen atoms in total. The van der Waals surface area contributed by atoms with Crippen LogP contribution in [0.2, 0.25) is 0 Å². The van der Waals surface area contributed by atoms with Gasteiger partial charge in [0.1, 0.15) is 11.5 Å². The van der Waals surface area contributed by atoms with Crippen molar-refractivity contribution < 1.29 is 18.8 Å². The molecular formula is C16H15N3O4S. The number of aromatic nitrogens is 2. The van der Waals surface area contributed by atoms with E-state index in [2.05, 4.69) is 15.5 Å². The van der Waals surface area contributed by atoms with E-state index in [1.165, 1.54) is 11.3 Å². The number of ether oxygens (including phenoxy) is 2. The van der Waals surface area contributed by atoms with Crippen LogP contribution in [0.5, 0.6) is 11.5 Å². The Kier molecular flexibility index (Phi) is 5.07. The lowest BCUT2D eigenvalue weighted by Crippen LogP contribution is -2.28. The van der Waals surface area contributed by atoms with E-state index in [0.29, 0.717) is 23.2 Å². The molecule has 2 heterocycles. The predicted molar refractivity (Wildman–Crippen MR) is 87.9 cm³/mol. The average Bonchev–Trinajstić information content (AvgIpc) is 3.29. The van der Waals surface area contributed by atoms with Gasteiger partial charge in [0.05, 0.1) is 18.5 Å². The third-order valence-corrected chi connectivity index (χ3v) is 3.92. The van der Waals surface area contributed by atoms with Gasteiger partial charge in [0.25, 0.3) is 5.91 Å². The second kappa shape index (κ2) is 7.60. The molecule has 8 heteroatoms. The van der Waals surface area contributed by atoms with Gasteiger partial charge in [-0.15, -0.1) is 11.3 Å². The molecule has 3 rings (SSSR count). The zero-order valence-electron chi connectivity index (χ0n) is 12.9. The molecule has 3 aromatic rings. The van der Waals surface area contributed by atoms with Gasteiger partial charge < -0.3 is 19.3 Å². The molecule has 124 valence electrons. The fraction of sp³-hybridized carbons (Fsp3) is 0.188. The molecule has 24 heavy (non-hydrogen) atoms. The minimum Gasteiger partial charge on any atom is -0.497 e. The quantitative estimate of drug-likeness (QED) is 0.708. The Morgan fingerprint density at radius 2 is 2.17 bits per heavy atom. The first-order valence-corrected chi connectivity index (χ1v) is 8.02. The standard InChI is InChI=1S/C16H15N3O4S/c1-21-11-4-2-5-12(8-11)22-10-14(20)17-9-15-18-16(19-23-15)13-6-3-7-24-13/h2-8H,9-10H2,1H3,(H,17,20). The van der Waals surface area contributed by atoms with E-state index < -0.39 is 0 Å². The first-order valence-electron chi connectivity index (χ1n) is 7.14. The lowest BCUT2D eigenvalue weighted by molar-refractivity contribution is -0.123. The Labute approximate surface area is 142 Å². The Balaban J connectivity index is 1.47. The summed E-state index contributed by atoms with van der Waals surface area (Å²) < 4.78 is 15.6. The van der Waals surface area contributed by atoms with Crippen LogP contribution in [0.4, 0.5) is 0 Å². The molecule has 1 N–H and O–H groups in total. The molecule has 0 aliphatic carbocycles. The highest BCUT2D eigenvalue weighted by atomic mass is 32.1. The third-order valence-electron chi connectivity index (χ3n) is 3.06. The van der Waals surface area contributed by atoms with Gasteiger partial charge in [0, 0.05) is 6.07 Å². The summed E-state index contributed by atoms with van der Waals surface area (Å²) >= 11 is 1.52. The fourth-order valence-electron chi connectivity index (χ4n) is 1.90. The molecule has 0 aliphatic rings. The first-order chi connectivity index (χ1) is 11.7. The van der Waals surface area contributed by atoms with E-state index in [-0.39, 0.29) is 19.1 Å². The summed E-state index contributed by atoms with van der Waals surface area (Å²) in [7, 11) is 1.57. The summed E-state index contributed by atoms with van der Waals surface area (Å²) in [6, 6.07) is 10.9. The van der Waals surface area contributed by atoms with Gasteiger partial charge in [-0.1, -0.05) is 17.3 Å². The molecule has 0 fully saturated rings. The van der Waals surface area contributed by atoms with Crippen molar-refractivity contribution in [3.8, 4) is 22.2 Å². The molecule has 0 spiro atoms. The van der Waals surface area contributed by atoms with Crippen molar-refractivity contribution in [2.24, 2.45) is 0 Å². The van der Waals surface area contributed by atoms with Crippen LogP contribution in [0.25, 0.3) is 10.7 Å². The maximum absolute atomic E-state index is 11.8. The highest BCUT2D eigenvalue weighted by molar-refractivity contribution is 7.13. The van der Waals surface area contributed by atoms with Crippen molar-refractivity contribution in [2.75, 3.05) is 13.7 Å². The van der Waals surface area contributed by atoms with Crippen LogP contribution in [0.1, 0.15) is 5.89 Å². The van der Waals surface area contributed by atoms with E-state index in [1.54, 1.807) is 31.4 Å². The molecule has 1 amide bonds. The second-order valence-corrected chi connectivity index (χ2v) is 5.68. The predicted octanol–water partition coefficient (Wildman–Crippen LogP) is 2.50.